The van der Waals surface area contributed by atoms with E-state index in [1.165, 1.54) is 13.0 Å². The molecule has 0 saturated heterocycles. The van der Waals surface area contributed by atoms with Crippen molar-refractivity contribution in [3.8, 4) is 11.0 Å². The van der Waals surface area contributed by atoms with Crippen molar-refractivity contribution in [2.75, 3.05) is 0 Å². The van der Waals surface area contributed by atoms with Gasteiger partial charge in [0.1, 0.15) is 0 Å². The zero-order valence-corrected chi connectivity index (χ0v) is 10.3. The molecule has 2 aromatic rings. The Morgan fingerprint density at radius 2 is 1.48 bits per heavy atom. The van der Waals surface area contributed by atoms with Crippen LogP contribution in [0.1, 0.15) is 0 Å². The van der Waals surface area contributed by atoms with Gasteiger partial charge in [-0.05, 0) is 0 Å². The Bertz CT molecular complexity index is 749. The molecule has 0 amide bonds. The van der Waals surface area contributed by atoms with E-state index in [0.717, 1.165) is 12.1 Å². The van der Waals surface area contributed by atoms with Crippen molar-refractivity contribution in [3.05, 3.63) is 66.6 Å². The topological polar surface area (TPSA) is 129 Å². The van der Waals surface area contributed by atoms with Crippen molar-refractivity contribution in [1.29, 1.82) is 0 Å². The van der Waals surface area contributed by atoms with E-state index in [9.17, 15) is 30.3 Å². The first-order chi connectivity index (χ1) is 9.93. The average molecular weight is 287 g/mol. The van der Waals surface area contributed by atoms with Gasteiger partial charge in [0.25, 0.3) is 0 Å². The van der Waals surface area contributed by atoms with Gasteiger partial charge in [-0.1, -0.05) is 0 Å². The van der Waals surface area contributed by atoms with Gasteiger partial charge in [0.2, 0.25) is 0 Å². The summed E-state index contributed by atoms with van der Waals surface area (Å²) in [4.78, 5) is 29.9. The van der Waals surface area contributed by atoms with E-state index in [1.54, 1.807) is 18.1 Å². The Hall–Kier alpha value is -3.17. The summed E-state index contributed by atoms with van der Waals surface area (Å²) in [5, 5.41) is 33.0. The molecular weight excluding hydrogens is 281 g/mol. The third-order valence-corrected chi connectivity index (χ3v) is 2.78. The van der Waals surface area contributed by atoms with Crippen LogP contribution in [0.15, 0.2) is 36.3 Å². The fourth-order valence-corrected chi connectivity index (χ4v) is 1.93. The van der Waals surface area contributed by atoms with Gasteiger partial charge in [-0.15, -0.1) is 0 Å². The molecule has 0 N–H and O–H groups in total. The molecule has 1 aromatic heterocycles. The van der Waals surface area contributed by atoms with Gasteiger partial charge in [0.15, 0.2) is 0 Å². The number of nitrogens with zero attached hydrogens (tertiary/aromatic N) is 3. The SMILES string of the molecule is O=[N+]([O-])c1ccc(-c2bcccc2)c([N+](=O)[O-])c1[N+](=O)[O-]. The van der Waals surface area contributed by atoms with E-state index in [2.05, 4.69) is 0 Å². The number of benzene rings is 1. The molecule has 2 rings (SSSR count). The third-order valence-electron chi connectivity index (χ3n) is 2.78. The predicted molar refractivity (Wildman–Crippen MR) is 73.2 cm³/mol. The zero-order valence-electron chi connectivity index (χ0n) is 10.3. The number of hydrogen-bond acceptors (Lipinski definition) is 6. The molecular formula is C11H6BN3O6. The van der Waals surface area contributed by atoms with E-state index in [0.29, 0.717) is 5.46 Å². The van der Waals surface area contributed by atoms with Crippen LogP contribution in [0, 0.1) is 30.3 Å². The summed E-state index contributed by atoms with van der Waals surface area (Å²) in [5.74, 6) is 1.60. The van der Waals surface area contributed by atoms with Gasteiger partial charge in [-0.3, -0.25) is 0 Å². The molecule has 0 saturated carbocycles. The van der Waals surface area contributed by atoms with Crippen LogP contribution < -0.4 is 0 Å². The fourth-order valence-electron chi connectivity index (χ4n) is 1.93. The molecule has 0 aliphatic rings. The standard InChI is InChI=1S/C11H6BN3O6/c16-13(17)9-5-4-7(8-3-1-2-6-12-8)10(14(18)19)11(9)15(20)21/h1-6H. The van der Waals surface area contributed by atoms with Crippen LogP contribution in [0.25, 0.3) is 11.0 Å². The summed E-state index contributed by atoms with van der Waals surface area (Å²) in [6.45, 7) is 1.53. The first kappa shape index (κ1) is 14.2. The molecule has 10 heteroatoms. The van der Waals surface area contributed by atoms with Gasteiger partial charge in [-0.25, -0.2) is 0 Å². The van der Waals surface area contributed by atoms with Crippen LogP contribution in [-0.2, 0) is 0 Å². The van der Waals surface area contributed by atoms with Crippen molar-refractivity contribution in [2.45, 2.75) is 0 Å². The van der Waals surface area contributed by atoms with Crippen LogP contribution in [0.4, 0.5) is 17.1 Å². The van der Waals surface area contributed by atoms with Crippen LogP contribution in [-0.4, -0.2) is 21.7 Å². The second-order valence-electron chi connectivity index (χ2n) is 3.97. The first-order valence-corrected chi connectivity index (χ1v) is 5.59. The van der Waals surface area contributed by atoms with E-state index in [1.807, 2.05) is 0 Å². The van der Waals surface area contributed by atoms with E-state index in [-0.39, 0.29) is 5.56 Å². The Balaban J connectivity index is 2.86. The maximum atomic E-state index is 11.2. The summed E-state index contributed by atoms with van der Waals surface area (Å²) in [7, 11) is 0. The van der Waals surface area contributed by atoms with Crippen molar-refractivity contribution < 1.29 is 14.8 Å². The molecule has 1 heterocycles. The second-order valence-corrected chi connectivity index (χ2v) is 3.97. The van der Waals surface area contributed by atoms with Gasteiger partial charge in [0, 0.05) is 0 Å². The van der Waals surface area contributed by atoms with Crippen LogP contribution in [0.3, 0.4) is 0 Å². The summed E-state index contributed by atoms with van der Waals surface area (Å²) in [6, 6.07) is 6.84. The molecule has 0 atom stereocenters. The summed E-state index contributed by atoms with van der Waals surface area (Å²) in [5.41, 5.74) is -2.60. The minimum atomic E-state index is -1.12. The van der Waals surface area contributed by atoms with Crippen LogP contribution in [0.2, 0.25) is 0 Å². The summed E-state index contributed by atoms with van der Waals surface area (Å²) >= 11 is 0. The quantitative estimate of drug-likeness (QED) is 0.626. The molecule has 0 unspecified atom stereocenters. The van der Waals surface area contributed by atoms with Gasteiger partial charge < -0.3 is 0 Å². The van der Waals surface area contributed by atoms with Crippen LogP contribution in [0.5, 0.6) is 0 Å². The van der Waals surface area contributed by atoms with E-state index in [4.69, 9.17) is 0 Å². The molecule has 9 nitrogen and oxygen atoms in total. The maximum absolute atomic E-state index is 11.2. The van der Waals surface area contributed by atoms with Gasteiger partial charge >= 0.3 is 116 Å². The fraction of sp³-hybridized carbons (Fsp3) is 0. The molecule has 0 bridgehead atoms. The summed E-state index contributed by atoms with van der Waals surface area (Å²) in [6.07, 6.45) is 0. The second kappa shape index (κ2) is 5.45. The Kier molecular flexibility index (Phi) is 3.70. The number of nitro groups is 3. The van der Waals surface area contributed by atoms with Crippen molar-refractivity contribution >= 4 is 24.0 Å². The van der Waals surface area contributed by atoms with E-state index < -0.39 is 31.8 Å². The van der Waals surface area contributed by atoms with Crippen molar-refractivity contribution in [2.24, 2.45) is 0 Å². The van der Waals surface area contributed by atoms with Gasteiger partial charge in [-0.2, -0.15) is 0 Å². The van der Waals surface area contributed by atoms with Crippen molar-refractivity contribution in [3.63, 3.8) is 0 Å². The minimum absolute atomic E-state index is 0.0436. The monoisotopic (exact) mass is 287 g/mol. The number of hydrogen-bond donors (Lipinski definition) is 0. The molecule has 104 valence electrons. The third kappa shape index (κ3) is 2.59. The average Bonchev–Trinajstić information content (AvgIpc) is 2.46. The molecule has 1 aromatic carbocycles. The Morgan fingerprint density at radius 1 is 0.810 bits per heavy atom. The molecule has 0 fully saturated rings. The molecule has 21 heavy (non-hydrogen) atoms. The molecule has 0 aliphatic heterocycles. The zero-order chi connectivity index (χ0) is 15.6. The van der Waals surface area contributed by atoms with Crippen LogP contribution >= 0.6 is 0 Å². The summed E-state index contributed by atoms with van der Waals surface area (Å²) < 4.78 is 0. The van der Waals surface area contributed by atoms with E-state index >= 15 is 0 Å². The number of nitro benzene ring substituents is 3. The molecule has 0 spiro atoms. The Morgan fingerprint density at radius 3 is 1.95 bits per heavy atom. The molecule has 0 aliphatic carbocycles. The number of rotatable bonds is 4. The normalized spacial score (nSPS) is 9.90. The predicted octanol–water partition coefficient (Wildman–Crippen LogP) is 2.42. The van der Waals surface area contributed by atoms with Crippen molar-refractivity contribution in [1.82, 2.24) is 0 Å². The van der Waals surface area contributed by atoms with Gasteiger partial charge in [0.05, 0.1) is 0 Å². The molecule has 0 radical (unpaired) electrons. The Labute approximate surface area is 117 Å². The first-order valence-electron chi connectivity index (χ1n) is 5.59.